The molecule has 0 atom stereocenters. The summed E-state index contributed by atoms with van der Waals surface area (Å²) < 4.78 is 0. The normalized spacial score (nSPS) is 10.4. The topological polar surface area (TPSA) is 42.9 Å². The number of hydrogen-bond donors (Lipinski definition) is 0. The van der Waals surface area contributed by atoms with Gasteiger partial charge in [-0.15, -0.1) is 0 Å². The molecule has 86 valence electrons. The van der Waals surface area contributed by atoms with E-state index in [1.54, 1.807) is 12.3 Å². The molecule has 3 rings (SSSR count). The van der Waals surface area contributed by atoms with E-state index in [1.807, 2.05) is 42.5 Å². The number of hydrogen-bond acceptors (Lipinski definition) is 3. The Morgan fingerprint density at radius 1 is 0.944 bits per heavy atom. The smallest absolute Gasteiger partial charge is 0.211 e. The van der Waals surface area contributed by atoms with E-state index in [2.05, 4.69) is 9.97 Å². The number of ketones is 1. The monoisotopic (exact) mass is 234 g/mol. The van der Waals surface area contributed by atoms with Gasteiger partial charge in [0.15, 0.2) is 0 Å². The minimum Gasteiger partial charge on any atom is -0.287 e. The molecule has 2 aromatic carbocycles. The zero-order chi connectivity index (χ0) is 12.4. The molecule has 0 fully saturated rings. The molecule has 0 aliphatic heterocycles. The van der Waals surface area contributed by atoms with E-state index in [0.29, 0.717) is 11.3 Å². The molecule has 0 spiro atoms. The Balaban J connectivity index is 2.07. The van der Waals surface area contributed by atoms with Crippen molar-refractivity contribution in [1.29, 1.82) is 0 Å². The lowest BCUT2D eigenvalue weighted by Gasteiger charge is -2.02. The van der Waals surface area contributed by atoms with Crippen LogP contribution >= 0.6 is 0 Å². The van der Waals surface area contributed by atoms with Gasteiger partial charge in [-0.2, -0.15) is 0 Å². The average molecular weight is 234 g/mol. The number of aromatic nitrogens is 2. The highest BCUT2D eigenvalue weighted by Gasteiger charge is 2.10. The number of benzene rings is 2. The second-order valence-corrected chi connectivity index (χ2v) is 3.99. The molecule has 3 aromatic rings. The van der Waals surface area contributed by atoms with E-state index in [0.717, 1.165) is 10.8 Å². The van der Waals surface area contributed by atoms with E-state index in [4.69, 9.17) is 0 Å². The third-order valence-electron chi connectivity index (χ3n) is 2.83. The van der Waals surface area contributed by atoms with Crippen molar-refractivity contribution in [3.8, 4) is 0 Å². The number of rotatable bonds is 2. The maximum Gasteiger partial charge on any atom is 0.211 e. The fourth-order valence-corrected chi connectivity index (χ4v) is 1.90. The van der Waals surface area contributed by atoms with Gasteiger partial charge in [-0.1, -0.05) is 36.4 Å². The Kier molecular flexibility index (Phi) is 2.57. The summed E-state index contributed by atoms with van der Waals surface area (Å²) in [5, 5.41) is 2.18. The molecule has 0 radical (unpaired) electrons. The number of carbonyl (C=O) groups is 1. The Labute approximate surface area is 104 Å². The SMILES string of the molecule is O=C(c1ccc2ccccc2c1)c1ccncn1. The predicted octanol–water partition coefficient (Wildman–Crippen LogP) is 2.86. The molecule has 3 nitrogen and oxygen atoms in total. The van der Waals surface area contributed by atoms with Gasteiger partial charge in [0.25, 0.3) is 0 Å². The van der Waals surface area contributed by atoms with E-state index in [1.165, 1.54) is 6.33 Å². The molecule has 3 heteroatoms. The summed E-state index contributed by atoms with van der Waals surface area (Å²) in [5.41, 5.74) is 1.06. The fourth-order valence-electron chi connectivity index (χ4n) is 1.90. The van der Waals surface area contributed by atoms with Gasteiger partial charge in [0.05, 0.1) is 0 Å². The molecule has 0 aliphatic rings. The summed E-state index contributed by atoms with van der Waals surface area (Å²) in [6, 6.07) is 15.2. The summed E-state index contributed by atoms with van der Waals surface area (Å²) in [5.74, 6) is -0.0804. The molecule has 0 saturated carbocycles. The number of fused-ring (bicyclic) bond motifs is 1. The minimum absolute atomic E-state index is 0.0804. The molecule has 0 saturated heterocycles. The maximum atomic E-state index is 12.2. The Bertz CT molecular complexity index is 708. The molecular formula is C15H10N2O. The molecule has 0 bridgehead atoms. The summed E-state index contributed by atoms with van der Waals surface area (Å²) in [4.78, 5) is 20.0. The second kappa shape index (κ2) is 4.37. The fraction of sp³-hybridized carbons (Fsp3) is 0. The van der Waals surface area contributed by atoms with Crippen molar-refractivity contribution in [2.75, 3.05) is 0 Å². The van der Waals surface area contributed by atoms with Crippen LogP contribution in [0.4, 0.5) is 0 Å². The lowest BCUT2D eigenvalue weighted by atomic mass is 10.0. The van der Waals surface area contributed by atoms with Gasteiger partial charge in [0.1, 0.15) is 12.0 Å². The molecule has 0 N–H and O–H groups in total. The summed E-state index contributed by atoms with van der Waals surface area (Å²) in [6.07, 6.45) is 2.95. The van der Waals surface area contributed by atoms with Crippen LogP contribution in [-0.4, -0.2) is 15.8 Å². The zero-order valence-corrected chi connectivity index (χ0v) is 9.58. The van der Waals surface area contributed by atoms with Gasteiger partial charge in [-0.25, -0.2) is 9.97 Å². The largest absolute Gasteiger partial charge is 0.287 e. The lowest BCUT2D eigenvalue weighted by molar-refractivity contribution is 0.103. The summed E-state index contributed by atoms with van der Waals surface area (Å²) in [7, 11) is 0. The van der Waals surface area contributed by atoms with E-state index < -0.39 is 0 Å². The molecule has 1 heterocycles. The van der Waals surface area contributed by atoms with Crippen LogP contribution in [0.5, 0.6) is 0 Å². The minimum atomic E-state index is -0.0804. The average Bonchev–Trinajstić information content (AvgIpc) is 2.47. The first-order valence-electron chi connectivity index (χ1n) is 5.64. The summed E-state index contributed by atoms with van der Waals surface area (Å²) in [6.45, 7) is 0. The Hall–Kier alpha value is -2.55. The van der Waals surface area contributed by atoms with Crippen LogP contribution in [0.15, 0.2) is 61.1 Å². The van der Waals surface area contributed by atoms with Gasteiger partial charge in [0, 0.05) is 11.8 Å². The predicted molar refractivity (Wildman–Crippen MR) is 69.4 cm³/mol. The third kappa shape index (κ3) is 1.86. The molecule has 0 amide bonds. The maximum absolute atomic E-state index is 12.2. The van der Waals surface area contributed by atoms with Crippen molar-refractivity contribution >= 4 is 16.6 Å². The van der Waals surface area contributed by atoms with Crippen LogP contribution in [0.1, 0.15) is 16.1 Å². The van der Waals surface area contributed by atoms with Crippen LogP contribution in [0.3, 0.4) is 0 Å². The standard InChI is InChI=1S/C15H10N2O/c18-15(14-7-8-16-10-17-14)13-6-5-11-3-1-2-4-12(11)9-13/h1-10H. The molecular weight excluding hydrogens is 224 g/mol. The van der Waals surface area contributed by atoms with Crippen LogP contribution in [0, 0.1) is 0 Å². The third-order valence-corrected chi connectivity index (χ3v) is 2.83. The van der Waals surface area contributed by atoms with E-state index in [-0.39, 0.29) is 5.78 Å². The number of nitrogens with zero attached hydrogens (tertiary/aromatic N) is 2. The van der Waals surface area contributed by atoms with E-state index >= 15 is 0 Å². The quantitative estimate of drug-likeness (QED) is 0.640. The van der Waals surface area contributed by atoms with Gasteiger partial charge in [-0.3, -0.25) is 4.79 Å². The van der Waals surface area contributed by atoms with Gasteiger partial charge in [0.2, 0.25) is 5.78 Å². The lowest BCUT2D eigenvalue weighted by Crippen LogP contribution is -2.03. The first-order valence-corrected chi connectivity index (χ1v) is 5.64. The highest BCUT2D eigenvalue weighted by atomic mass is 16.1. The zero-order valence-electron chi connectivity index (χ0n) is 9.58. The van der Waals surface area contributed by atoms with Crippen LogP contribution < -0.4 is 0 Å². The van der Waals surface area contributed by atoms with Crippen LogP contribution in [0.25, 0.3) is 10.8 Å². The first kappa shape index (κ1) is 10.6. The van der Waals surface area contributed by atoms with Crippen LogP contribution in [0.2, 0.25) is 0 Å². The second-order valence-electron chi connectivity index (χ2n) is 3.99. The van der Waals surface area contributed by atoms with Crippen molar-refractivity contribution in [2.45, 2.75) is 0 Å². The highest BCUT2D eigenvalue weighted by molar-refractivity contribution is 6.09. The molecule has 0 unspecified atom stereocenters. The van der Waals surface area contributed by atoms with Crippen molar-refractivity contribution in [1.82, 2.24) is 9.97 Å². The Morgan fingerprint density at radius 3 is 2.56 bits per heavy atom. The molecule has 0 aliphatic carbocycles. The van der Waals surface area contributed by atoms with Gasteiger partial charge < -0.3 is 0 Å². The van der Waals surface area contributed by atoms with Crippen LogP contribution in [-0.2, 0) is 0 Å². The highest BCUT2D eigenvalue weighted by Crippen LogP contribution is 2.17. The molecule has 18 heavy (non-hydrogen) atoms. The van der Waals surface area contributed by atoms with Crippen molar-refractivity contribution in [3.63, 3.8) is 0 Å². The summed E-state index contributed by atoms with van der Waals surface area (Å²) >= 11 is 0. The first-order chi connectivity index (χ1) is 8.84. The van der Waals surface area contributed by atoms with E-state index in [9.17, 15) is 4.79 Å². The van der Waals surface area contributed by atoms with Gasteiger partial charge in [-0.05, 0) is 22.9 Å². The van der Waals surface area contributed by atoms with Crippen molar-refractivity contribution < 1.29 is 4.79 Å². The van der Waals surface area contributed by atoms with Crippen molar-refractivity contribution in [2.24, 2.45) is 0 Å². The van der Waals surface area contributed by atoms with Crippen molar-refractivity contribution in [3.05, 3.63) is 72.3 Å². The molecule has 1 aromatic heterocycles. The number of carbonyl (C=O) groups excluding carboxylic acids is 1. The Morgan fingerprint density at radius 2 is 1.78 bits per heavy atom. The van der Waals surface area contributed by atoms with Gasteiger partial charge >= 0.3 is 0 Å².